The van der Waals surface area contributed by atoms with E-state index in [1.807, 2.05) is 0 Å². The Morgan fingerprint density at radius 2 is 2.06 bits per heavy atom. The molecule has 0 spiro atoms. The Kier molecular flexibility index (Phi) is 4.89. The number of rotatable bonds is 5. The molecule has 1 amide bonds. The lowest BCUT2D eigenvalue weighted by Crippen LogP contribution is -2.23. The van der Waals surface area contributed by atoms with Crippen LogP contribution in [0.4, 0.5) is 0 Å². The number of carboxylic acid groups (broad SMARTS) is 1. The maximum absolute atomic E-state index is 11.5. The Bertz CT molecular complexity index is 406. The highest BCUT2D eigenvalue weighted by Gasteiger charge is 2.10. The van der Waals surface area contributed by atoms with Gasteiger partial charge >= 0.3 is 5.97 Å². The van der Waals surface area contributed by atoms with Crippen LogP contribution in [0.5, 0.6) is 0 Å². The van der Waals surface area contributed by atoms with E-state index in [4.69, 9.17) is 5.11 Å². The van der Waals surface area contributed by atoms with E-state index in [2.05, 4.69) is 10.2 Å². The molecule has 1 N–H and O–H groups in total. The van der Waals surface area contributed by atoms with Crippen molar-refractivity contribution in [2.45, 2.75) is 11.4 Å². The molecule has 0 aliphatic heterocycles. The van der Waals surface area contributed by atoms with Crippen LogP contribution in [0.1, 0.15) is 16.9 Å². The van der Waals surface area contributed by atoms with E-state index in [-0.39, 0.29) is 18.0 Å². The van der Waals surface area contributed by atoms with Gasteiger partial charge in [0, 0.05) is 19.8 Å². The lowest BCUT2D eigenvalue weighted by Gasteiger charge is -2.08. The first kappa shape index (κ1) is 13.4. The third-order valence-corrected chi connectivity index (χ3v) is 2.75. The number of aromatic nitrogens is 2. The standard InChI is InChI=1S/C10H13N3O3S/c1-13(2)10(16)7-3-4-8(12-11-7)17-6-5-9(14)15/h3-4H,5-6H2,1-2H3,(H,14,15). The molecule has 1 rings (SSSR count). The number of thioether (sulfide) groups is 1. The zero-order valence-electron chi connectivity index (χ0n) is 9.58. The van der Waals surface area contributed by atoms with Crippen molar-refractivity contribution < 1.29 is 14.7 Å². The average molecular weight is 255 g/mol. The second kappa shape index (κ2) is 6.19. The van der Waals surface area contributed by atoms with Crippen LogP contribution in [0.2, 0.25) is 0 Å². The van der Waals surface area contributed by atoms with Crippen molar-refractivity contribution in [3.05, 3.63) is 17.8 Å². The predicted molar refractivity (Wildman–Crippen MR) is 63.0 cm³/mol. The molecule has 0 radical (unpaired) electrons. The molecule has 7 heteroatoms. The number of carbonyl (C=O) groups excluding carboxylic acids is 1. The van der Waals surface area contributed by atoms with Crippen molar-refractivity contribution in [3.8, 4) is 0 Å². The largest absolute Gasteiger partial charge is 0.481 e. The van der Waals surface area contributed by atoms with Gasteiger partial charge in [0.05, 0.1) is 6.42 Å². The fourth-order valence-corrected chi connectivity index (χ4v) is 1.73. The second-order valence-corrected chi connectivity index (χ2v) is 4.56. The number of carbonyl (C=O) groups is 2. The van der Waals surface area contributed by atoms with Crippen LogP contribution >= 0.6 is 11.8 Å². The summed E-state index contributed by atoms with van der Waals surface area (Å²) in [4.78, 5) is 23.2. The molecule has 0 atom stereocenters. The fraction of sp³-hybridized carbons (Fsp3) is 0.400. The molecular weight excluding hydrogens is 242 g/mol. The van der Waals surface area contributed by atoms with E-state index in [1.54, 1.807) is 26.2 Å². The molecule has 1 heterocycles. The highest BCUT2D eigenvalue weighted by Crippen LogP contribution is 2.15. The van der Waals surface area contributed by atoms with Crippen molar-refractivity contribution in [2.24, 2.45) is 0 Å². The highest BCUT2D eigenvalue weighted by molar-refractivity contribution is 7.99. The summed E-state index contributed by atoms with van der Waals surface area (Å²) in [6, 6.07) is 3.24. The summed E-state index contributed by atoms with van der Waals surface area (Å²) in [5.41, 5.74) is 0.276. The molecule has 0 saturated heterocycles. The third-order valence-electron chi connectivity index (χ3n) is 1.83. The summed E-state index contributed by atoms with van der Waals surface area (Å²) in [5.74, 6) is -0.616. The lowest BCUT2D eigenvalue weighted by molar-refractivity contribution is -0.136. The van der Waals surface area contributed by atoms with Crippen molar-refractivity contribution in [1.82, 2.24) is 15.1 Å². The lowest BCUT2D eigenvalue weighted by atomic mass is 10.3. The molecule has 0 bridgehead atoms. The van der Waals surface area contributed by atoms with E-state index in [9.17, 15) is 9.59 Å². The van der Waals surface area contributed by atoms with Crippen LogP contribution in [0.3, 0.4) is 0 Å². The molecule has 17 heavy (non-hydrogen) atoms. The smallest absolute Gasteiger partial charge is 0.304 e. The van der Waals surface area contributed by atoms with Gasteiger partial charge in [-0.25, -0.2) is 0 Å². The topological polar surface area (TPSA) is 83.4 Å². The van der Waals surface area contributed by atoms with E-state index in [0.717, 1.165) is 0 Å². The summed E-state index contributed by atoms with van der Waals surface area (Å²) < 4.78 is 0. The minimum atomic E-state index is -0.843. The molecule has 0 aromatic carbocycles. The Balaban J connectivity index is 2.56. The average Bonchev–Trinajstić information content (AvgIpc) is 2.28. The monoisotopic (exact) mass is 255 g/mol. The summed E-state index contributed by atoms with van der Waals surface area (Å²) in [6.45, 7) is 0. The van der Waals surface area contributed by atoms with E-state index in [0.29, 0.717) is 10.8 Å². The van der Waals surface area contributed by atoms with Crippen LogP contribution < -0.4 is 0 Å². The van der Waals surface area contributed by atoms with Gasteiger partial charge in [-0.1, -0.05) is 0 Å². The first-order valence-electron chi connectivity index (χ1n) is 4.90. The minimum Gasteiger partial charge on any atom is -0.481 e. The molecular formula is C10H13N3O3S. The van der Waals surface area contributed by atoms with Crippen LogP contribution in [0.15, 0.2) is 17.2 Å². The molecule has 92 valence electrons. The van der Waals surface area contributed by atoms with Crippen molar-refractivity contribution in [2.75, 3.05) is 19.8 Å². The molecule has 0 aliphatic rings. The van der Waals surface area contributed by atoms with Crippen molar-refractivity contribution in [1.29, 1.82) is 0 Å². The van der Waals surface area contributed by atoms with E-state index >= 15 is 0 Å². The first-order valence-corrected chi connectivity index (χ1v) is 5.89. The third kappa shape index (κ3) is 4.39. The number of hydrogen-bond donors (Lipinski definition) is 1. The summed E-state index contributed by atoms with van der Waals surface area (Å²) in [5, 5.41) is 16.7. The molecule has 0 unspecified atom stereocenters. The number of nitrogens with zero attached hydrogens (tertiary/aromatic N) is 3. The molecule has 0 fully saturated rings. The number of amides is 1. The zero-order chi connectivity index (χ0) is 12.8. The Hall–Kier alpha value is -1.63. The maximum atomic E-state index is 11.5. The van der Waals surface area contributed by atoms with Crippen molar-refractivity contribution >= 4 is 23.6 Å². The predicted octanol–water partition coefficient (Wildman–Crippen LogP) is 0.745. The van der Waals surface area contributed by atoms with Crippen molar-refractivity contribution in [3.63, 3.8) is 0 Å². The van der Waals surface area contributed by atoms with Gasteiger partial charge in [0.2, 0.25) is 0 Å². The molecule has 6 nitrogen and oxygen atoms in total. The Morgan fingerprint density at radius 3 is 2.53 bits per heavy atom. The highest BCUT2D eigenvalue weighted by atomic mass is 32.2. The summed E-state index contributed by atoms with van der Waals surface area (Å²) in [6.07, 6.45) is 0.0741. The molecule has 0 saturated carbocycles. The number of aliphatic carboxylic acids is 1. The Labute approximate surface area is 103 Å². The Morgan fingerprint density at radius 1 is 1.35 bits per heavy atom. The molecule has 0 aliphatic carbocycles. The fourth-order valence-electron chi connectivity index (χ4n) is 0.983. The van der Waals surface area contributed by atoms with Gasteiger partial charge in [-0.2, -0.15) is 0 Å². The van der Waals surface area contributed by atoms with Gasteiger partial charge in [-0.05, 0) is 12.1 Å². The van der Waals surface area contributed by atoms with Gasteiger partial charge < -0.3 is 10.0 Å². The van der Waals surface area contributed by atoms with Crippen LogP contribution in [0, 0.1) is 0 Å². The summed E-state index contributed by atoms with van der Waals surface area (Å²) >= 11 is 1.30. The zero-order valence-corrected chi connectivity index (χ0v) is 10.4. The second-order valence-electron chi connectivity index (χ2n) is 3.45. The van der Waals surface area contributed by atoms with Gasteiger partial charge in [0.15, 0.2) is 5.69 Å². The minimum absolute atomic E-state index is 0.0741. The SMILES string of the molecule is CN(C)C(=O)c1ccc(SCCC(=O)O)nn1. The van der Waals surface area contributed by atoms with Crippen LogP contribution in [-0.4, -0.2) is 51.9 Å². The van der Waals surface area contributed by atoms with Crippen LogP contribution in [-0.2, 0) is 4.79 Å². The number of carboxylic acids is 1. The normalized spacial score (nSPS) is 10.0. The first-order chi connectivity index (χ1) is 8.00. The number of hydrogen-bond acceptors (Lipinski definition) is 5. The van der Waals surface area contributed by atoms with Gasteiger partial charge in [0.1, 0.15) is 5.03 Å². The quantitative estimate of drug-likeness (QED) is 0.781. The van der Waals surface area contributed by atoms with Gasteiger partial charge in [0.25, 0.3) is 5.91 Å². The molecule has 1 aromatic heterocycles. The van der Waals surface area contributed by atoms with E-state index in [1.165, 1.54) is 16.7 Å². The van der Waals surface area contributed by atoms with E-state index < -0.39 is 5.97 Å². The van der Waals surface area contributed by atoms with Gasteiger partial charge in [-0.15, -0.1) is 22.0 Å². The van der Waals surface area contributed by atoms with Crippen LogP contribution in [0.25, 0.3) is 0 Å². The summed E-state index contributed by atoms with van der Waals surface area (Å²) in [7, 11) is 3.28. The van der Waals surface area contributed by atoms with Gasteiger partial charge in [-0.3, -0.25) is 9.59 Å². The molecule has 1 aromatic rings. The maximum Gasteiger partial charge on any atom is 0.304 e.